The molecule has 5 heterocycles. The van der Waals surface area contributed by atoms with Crippen molar-refractivity contribution in [2.24, 2.45) is 0 Å². The predicted molar refractivity (Wildman–Crippen MR) is 116 cm³/mol. The van der Waals surface area contributed by atoms with Crippen LogP contribution in [0.15, 0.2) is 36.9 Å². The van der Waals surface area contributed by atoms with Crippen LogP contribution in [-0.2, 0) is 24.7 Å². The minimum Gasteiger partial charge on any atom is -0.383 e. The number of hydrogen-bond donors (Lipinski definition) is 3. The molecular weight excluding hydrogens is 489 g/mol. The summed E-state index contributed by atoms with van der Waals surface area (Å²) in [5, 5.41) is 13.6. The number of hydrogen-bond acceptors (Lipinski definition) is 5. The van der Waals surface area contributed by atoms with E-state index in [-0.39, 0.29) is 18.1 Å². The Bertz CT molecular complexity index is 1370. The maximum atomic E-state index is 13.2. The first-order chi connectivity index (χ1) is 16.8. The number of nitrogens with one attached hydrogen (secondary N) is 2. The quantitative estimate of drug-likeness (QED) is 0.362. The third kappa shape index (κ3) is 5.22. The molecule has 0 saturated carbocycles. The molecule has 0 radical (unpaired) electrons. The van der Waals surface area contributed by atoms with E-state index in [9.17, 15) is 31.9 Å². The van der Waals surface area contributed by atoms with Crippen LogP contribution in [0.5, 0.6) is 0 Å². The molecule has 0 spiro atoms. The molecule has 1 aliphatic rings. The number of carbonyl (C=O) groups is 1. The van der Waals surface area contributed by atoms with Gasteiger partial charge in [-0.15, -0.1) is 0 Å². The number of amides is 1. The first-order valence-corrected chi connectivity index (χ1v) is 10.8. The molecule has 1 aliphatic heterocycles. The van der Waals surface area contributed by atoms with E-state index in [0.717, 1.165) is 23.7 Å². The van der Waals surface area contributed by atoms with Gasteiger partial charge < -0.3 is 20.0 Å². The average molecular weight is 511 g/mol. The predicted octanol–water partition coefficient (Wildman–Crippen LogP) is 3.85. The summed E-state index contributed by atoms with van der Waals surface area (Å²) < 4.78 is 64.2. The smallest absolute Gasteiger partial charge is 0.383 e. The average Bonchev–Trinajstić information content (AvgIpc) is 3.56. The standard InChI is InChI=1S/C14H17F2N5O2.C8H5F3N2/c1-14(2,23)13-19-9(11(15)16)10(20-13)12(22)21-4-3-7-8(5-21)18-6-17-7;9-8(10,11)6-1-2-7-3-4-12-13(7)5-6/h6,11,23H,3-5H2,1-2H3,(H,17,18)(H,19,20);1-5H. The molecule has 9 nitrogen and oxygen atoms in total. The molecular formula is C22H22F5N7O2. The molecule has 3 N–H and O–H groups in total. The summed E-state index contributed by atoms with van der Waals surface area (Å²) in [6.07, 6.45) is -2.67. The summed E-state index contributed by atoms with van der Waals surface area (Å²) in [6, 6.07) is 4.06. The topological polar surface area (TPSA) is 115 Å². The van der Waals surface area contributed by atoms with Gasteiger partial charge in [0.2, 0.25) is 0 Å². The lowest BCUT2D eigenvalue weighted by Crippen LogP contribution is -2.36. The molecule has 4 aromatic rings. The second-order valence-corrected chi connectivity index (χ2v) is 8.63. The minimum absolute atomic E-state index is 0.0598. The number of aromatic amines is 2. The Labute approximate surface area is 201 Å². The second kappa shape index (κ2) is 9.33. The summed E-state index contributed by atoms with van der Waals surface area (Å²) in [5.41, 5.74) is -0.733. The van der Waals surface area contributed by atoms with E-state index in [1.165, 1.54) is 35.5 Å². The van der Waals surface area contributed by atoms with E-state index < -0.39 is 35.4 Å². The monoisotopic (exact) mass is 511 g/mol. The fraction of sp³-hybridized carbons (Fsp3) is 0.364. The Kier molecular flexibility index (Phi) is 6.56. The van der Waals surface area contributed by atoms with Crippen LogP contribution in [0.1, 0.15) is 59.2 Å². The van der Waals surface area contributed by atoms with Crippen LogP contribution in [-0.4, -0.2) is 52.0 Å². The van der Waals surface area contributed by atoms with Crippen molar-refractivity contribution in [3.63, 3.8) is 0 Å². The zero-order valence-electron chi connectivity index (χ0n) is 19.1. The molecule has 1 amide bonds. The van der Waals surface area contributed by atoms with Crippen LogP contribution in [0.2, 0.25) is 0 Å². The maximum Gasteiger partial charge on any atom is 0.417 e. The van der Waals surface area contributed by atoms with Crippen molar-refractivity contribution in [2.45, 2.75) is 45.0 Å². The number of halogens is 5. The Morgan fingerprint density at radius 1 is 1.19 bits per heavy atom. The summed E-state index contributed by atoms with van der Waals surface area (Å²) >= 11 is 0. The molecule has 14 heteroatoms. The number of H-pyrrole nitrogens is 2. The third-order valence-corrected chi connectivity index (χ3v) is 5.52. The van der Waals surface area contributed by atoms with Crippen molar-refractivity contribution in [2.75, 3.05) is 6.54 Å². The molecule has 0 fully saturated rings. The van der Waals surface area contributed by atoms with Gasteiger partial charge in [-0.3, -0.25) is 4.79 Å². The first-order valence-electron chi connectivity index (χ1n) is 10.8. The zero-order valence-corrected chi connectivity index (χ0v) is 19.1. The molecule has 4 aromatic heterocycles. The van der Waals surface area contributed by atoms with Gasteiger partial charge in [-0.1, -0.05) is 0 Å². The van der Waals surface area contributed by atoms with E-state index in [1.807, 2.05) is 0 Å². The number of carbonyl (C=O) groups excluding carboxylic acids is 1. The first kappa shape index (κ1) is 25.3. The summed E-state index contributed by atoms with van der Waals surface area (Å²) in [5.74, 6) is -0.650. The molecule has 0 bridgehead atoms. The van der Waals surface area contributed by atoms with E-state index in [0.29, 0.717) is 18.5 Å². The number of imidazole rings is 2. The Balaban J connectivity index is 0.000000197. The fourth-order valence-corrected chi connectivity index (χ4v) is 3.61. The molecule has 0 aromatic carbocycles. The Hall–Kier alpha value is -3.81. The van der Waals surface area contributed by atoms with Crippen LogP contribution >= 0.6 is 0 Å². The van der Waals surface area contributed by atoms with Gasteiger partial charge in [-0.2, -0.15) is 18.3 Å². The molecule has 0 saturated heterocycles. The lowest BCUT2D eigenvalue weighted by atomic mass is 10.1. The van der Waals surface area contributed by atoms with Gasteiger partial charge in [0.25, 0.3) is 12.3 Å². The van der Waals surface area contributed by atoms with E-state index >= 15 is 0 Å². The van der Waals surface area contributed by atoms with Crippen molar-refractivity contribution in [1.29, 1.82) is 0 Å². The molecule has 5 rings (SSSR count). The lowest BCUT2D eigenvalue weighted by molar-refractivity contribution is -0.137. The van der Waals surface area contributed by atoms with Gasteiger partial charge in [0.15, 0.2) is 5.69 Å². The number of fused-ring (bicyclic) bond motifs is 2. The van der Waals surface area contributed by atoms with Crippen LogP contribution in [0.3, 0.4) is 0 Å². The highest BCUT2D eigenvalue weighted by atomic mass is 19.4. The summed E-state index contributed by atoms with van der Waals surface area (Å²) in [7, 11) is 0. The fourth-order valence-electron chi connectivity index (χ4n) is 3.61. The highest BCUT2D eigenvalue weighted by Crippen LogP contribution is 2.29. The van der Waals surface area contributed by atoms with Crippen molar-refractivity contribution in [3.8, 4) is 0 Å². The largest absolute Gasteiger partial charge is 0.417 e. The maximum absolute atomic E-state index is 13.2. The molecule has 0 aliphatic carbocycles. The van der Waals surface area contributed by atoms with Gasteiger partial charge in [0.1, 0.15) is 17.1 Å². The van der Waals surface area contributed by atoms with Crippen molar-refractivity contribution in [1.82, 2.24) is 34.4 Å². The van der Waals surface area contributed by atoms with Gasteiger partial charge in [0.05, 0.1) is 35.3 Å². The number of pyridine rings is 1. The van der Waals surface area contributed by atoms with Crippen LogP contribution in [0.25, 0.3) is 5.52 Å². The van der Waals surface area contributed by atoms with Crippen molar-refractivity contribution < 1.29 is 31.9 Å². The number of alkyl halides is 5. The van der Waals surface area contributed by atoms with Crippen LogP contribution in [0.4, 0.5) is 22.0 Å². The highest BCUT2D eigenvalue weighted by Gasteiger charge is 2.33. The Morgan fingerprint density at radius 3 is 2.61 bits per heavy atom. The number of nitrogens with zero attached hydrogens (tertiary/aromatic N) is 5. The molecule has 0 unspecified atom stereocenters. The van der Waals surface area contributed by atoms with Gasteiger partial charge in [-0.05, 0) is 32.0 Å². The van der Waals surface area contributed by atoms with Gasteiger partial charge >= 0.3 is 6.18 Å². The zero-order chi connectivity index (χ0) is 26.3. The molecule has 36 heavy (non-hydrogen) atoms. The summed E-state index contributed by atoms with van der Waals surface area (Å²) in [6.45, 7) is 3.46. The van der Waals surface area contributed by atoms with E-state index in [2.05, 4.69) is 25.0 Å². The number of rotatable bonds is 3. The second-order valence-electron chi connectivity index (χ2n) is 8.63. The van der Waals surface area contributed by atoms with Gasteiger partial charge in [-0.25, -0.2) is 23.3 Å². The van der Waals surface area contributed by atoms with E-state index in [1.54, 1.807) is 12.4 Å². The van der Waals surface area contributed by atoms with Crippen molar-refractivity contribution >= 4 is 11.4 Å². The summed E-state index contributed by atoms with van der Waals surface area (Å²) in [4.78, 5) is 27.4. The third-order valence-electron chi connectivity index (χ3n) is 5.52. The van der Waals surface area contributed by atoms with Crippen molar-refractivity contribution in [3.05, 3.63) is 71.1 Å². The van der Waals surface area contributed by atoms with Crippen LogP contribution < -0.4 is 0 Å². The normalized spacial score (nSPS) is 14.1. The SMILES string of the molecule is CC(C)(O)c1nc(C(=O)N2CCc3nc[nH]c3C2)c(C(F)F)[nH]1.FC(F)(F)c1ccc2ccnn2c1. The van der Waals surface area contributed by atoms with E-state index in [4.69, 9.17) is 0 Å². The Morgan fingerprint density at radius 2 is 1.94 bits per heavy atom. The minimum atomic E-state index is -4.31. The molecule has 0 atom stereocenters. The lowest BCUT2D eigenvalue weighted by Gasteiger charge is -2.25. The van der Waals surface area contributed by atoms with Crippen LogP contribution in [0, 0.1) is 0 Å². The van der Waals surface area contributed by atoms with Gasteiger partial charge in [0, 0.05) is 25.4 Å². The molecule has 192 valence electrons. The highest BCUT2D eigenvalue weighted by molar-refractivity contribution is 5.93. The number of aliphatic hydroxyl groups is 1. The number of aromatic nitrogens is 6.